The molecule has 64 heavy (non-hydrogen) atoms. The van der Waals surface area contributed by atoms with Gasteiger partial charge in [-0.05, 0) is 97.3 Å². The van der Waals surface area contributed by atoms with Gasteiger partial charge in [0.05, 0.1) is 28.8 Å². The molecule has 4 aromatic rings. The summed E-state index contributed by atoms with van der Waals surface area (Å²) in [5, 5.41) is 13.9. The van der Waals surface area contributed by atoms with Crippen LogP contribution in [-0.2, 0) is 32.6 Å². The molecule has 15 nitrogen and oxygen atoms in total. The summed E-state index contributed by atoms with van der Waals surface area (Å²) in [5.74, 6) is 0.344. The van der Waals surface area contributed by atoms with Crippen molar-refractivity contribution in [3.05, 3.63) is 136 Å². The van der Waals surface area contributed by atoms with Crippen molar-refractivity contribution in [1.82, 2.24) is 25.2 Å². The van der Waals surface area contributed by atoms with Gasteiger partial charge in [0.25, 0.3) is 21.8 Å². The predicted octanol–water partition coefficient (Wildman–Crippen LogP) is 4.43. The lowest BCUT2D eigenvalue weighted by molar-refractivity contribution is -0.829. The van der Waals surface area contributed by atoms with Gasteiger partial charge in [0.15, 0.2) is 5.69 Å². The number of rotatable bonds is 14. The van der Waals surface area contributed by atoms with Crippen LogP contribution in [0.15, 0.2) is 118 Å². The van der Waals surface area contributed by atoms with Gasteiger partial charge >= 0.3 is 0 Å². The fraction of sp³-hybridized carbons (Fsp3) is 0.362. The number of quaternary nitrogens is 1. The van der Waals surface area contributed by atoms with Crippen molar-refractivity contribution < 1.29 is 37.8 Å². The van der Waals surface area contributed by atoms with Gasteiger partial charge in [0.1, 0.15) is 17.2 Å². The number of nitrogens with two attached hydrogens (primary N) is 1. The summed E-state index contributed by atoms with van der Waals surface area (Å²) < 4.78 is 42.0. The van der Waals surface area contributed by atoms with Gasteiger partial charge < -0.3 is 35.2 Å². The zero-order chi connectivity index (χ0) is 44.3. The number of anilines is 2. The second kappa shape index (κ2) is 18.8. The number of hydrogen-bond donors (Lipinski definition) is 5. The van der Waals surface area contributed by atoms with Crippen molar-refractivity contribution in [3.8, 4) is 5.75 Å². The molecule has 6 heterocycles. The first-order valence-corrected chi connectivity index (χ1v) is 24.2. The monoisotopic (exact) mass is 907 g/mol. The molecular weight excluding hydrogens is 853 g/mol. The minimum Gasteiger partial charge on any atom is -0.455 e. The zero-order valence-electron chi connectivity index (χ0n) is 36.0. The summed E-state index contributed by atoms with van der Waals surface area (Å²) in [6.45, 7) is 8.44. The van der Waals surface area contributed by atoms with Crippen molar-refractivity contribution in [3.63, 3.8) is 0 Å². The Morgan fingerprint density at radius 3 is 2.59 bits per heavy atom. The fourth-order valence-electron chi connectivity index (χ4n) is 9.00. The smallest absolute Gasteiger partial charge is 0.268 e. The summed E-state index contributed by atoms with van der Waals surface area (Å²) in [5.41, 5.74) is 7.30. The van der Waals surface area contributed by atoms with Crippen molar-refractivity contribution >= 4 is 50.2 Å². The van der Waals surface area contributed by atoms with Crippen LogP contribution in [0.1, 0.15) is 51.6 Å². The van der Waals surface area contributed by atoms with E-state index < -0.39 is 21.6 Å². The first-order chi connectivity index (χ1) is 31.0. The van der Waals surface area contributed by atoms with E-state index in [0.29, 0.717) is 43.5 Å². The Morgan fingerprint density at radius 2 is 1.81 bits per heavy atom. The van der Waals surface area contributed by atoms with E-state index in [0.717, 1.165) is 74.6 Å². The summed E-state index contributed by atoms with van der Waals surface area (Å²) in [4.78, 5) is 39.8. The second-order valence-corrected chi connectivity index (χ2v) is 19.5. The molecule has 5 aliphatic rings. The number of benzene rings is 3. The van der Waals surface area contributed by atoms with Gasteiger partial charge in [-0.25, -0.2) is 18.0 Å². The van der Waals surface area contributed by atoms with E-state index >= 15 is 0 Å². The Kier molecular flexibility index (Phi) is 12.8. The number of nitrogens with zero attached hydrogens (tertiary/aromatic N) is 3. The van der Waals surface area contributed by atoms with Crippen LogP contribution >= 0.6 is 11.3 Å². The van der Waals surface area contributed by atoms with Crippen LogP contribution in [0.3, 0.4) is 0 Å². The van der Waals surface area contributed by atoms with Crippen LogP contribution in [0.2, 0.25) is 0 Å². The van der Waals surface area contributed by atoms with E-state index in [1.54, 1.807) is 24.4 Å². The standard InChI is InChI=1S/C47H54N8O7S2/c1-47-36(11-15-49-47)24-39(28-50-47)62-44-25-37(54-18-16-53(17-19-54)30-38-23-33-5-3-4-6-34(33)29-55(38)46(57)35-14-22-63-31-35)7-9-41(44)45(56)52-64(58,59)40-8-10-42(43(26-40)51-60-2)48-27-32-12-20-61-21-13-32/h3-11,14-15,22,24-26,28,31-32,38,48-51H,12-13,16-21,23,27,29-30H2,1-2H3,(H,52,56)/p+1/t38-,47?/m0/s1. The molecule has 17 heteroatoms. The number of fused-ring (bicyclic) bond motifs is 2. The van der Waals surface area contributed by atoms with E-state index in [2.05, 4.69) is 48.7 Å². The minimum absolute atomic E-state index is 0.0302. The minimum atomic E-state index is -4.33. The highest BCUT2D eigenvalue weighted by atomic mass is 32.2. The molecular formula is C47H55N8O7S2+. The molecule has 3 aromatic carbocycles. The number of carbonyl (C=O) groups is 2. The molecule has 0 aliphatic carbocycles. The van der Waals surface area contributed by atoms with Crippen LogP contribution in [0.4, 0.5) is 17.1 Å². The van der Waals surface area contributed by atoms with Crippen LogP contribution in [0.25, 0.3) is 0 Å². The number of allylic oxidation sites excluding steroid dienone is 1. The van der Waals surface area contributed by atoms with Crippen molar-refractivity contribution in [2.24, 2.45) is 5.92 Å². The summed E-state index contributed by atoms with van der Waals surface area (Å²) in [6.07, 6.45) is 10.1. The third-order valence-electron chi connectivity index (χ3n) is 12.8. The molecule has 0 bridgehead atoms. The lowest BCUT2D eigenvalue weighted by Gasteiger charge is -2.42. The number of thiophene rings is 1. The average Bonchev–Trinajstić information content (AvgIpc) is 3.99. The maximum absolute atomic E-state index is 14.1. The average molecular weight is 908 g/mol. The molecule has 0 spiro atoms. The normalized spacial score (nSPS) is 21.2. The lowest BCUT2D eigenvalue weighted by Crippen LogP contribution is -2.76. The van der Waals surface area contributed by atoms with Crippen LogP contribution in [0, 0.1) is 5.92 Å². The largest absolute Gasteiger partial charge is 0.455 e. The molecule has 1 aromatic heterocycles. The molecule has 2 amide bonds. The van der Waals surface area contributed by atoms with E-state index in [1.807, 2.05) is 59.1 Å². The van der Waals surface area contributed by atoms with Crippen molar-refractivity contribution in [2.45, 2.75) is 49.3 Å². The maximum atomic E-state index is 14.1. The highest BCUT2D eigenvalue weighted by molar-refractivity contribution is 7.90. The quantitative estimate of drug-likeness (QED) is 0.0893. The summed E-state index contributed by atoms with van der Waals surface area (Å²) in [7, 11) is -2.83. The molecule has 9 rings (SSSR count). The molecule has 336 valence electrons. The summed E-state index contributed by atoms with van der Waals surface area (Å²) in [6, 6.07) is 20.2. The molecule has 5 aliphatic heterocycles. The fourth-order valence-corrected chi connectivity index (χ4v) is 10.6. The third kappa shape index (κ3) is 9.55. The number of amides is 2. The Balaban J connectivity index is 0.916. The number of piperazine rings is 1. The number of hydrogen-bond acceptors (Lipinski definition) is 13. The van der Waals surface area contributed by atoms with Crippen LogP contribution in [0.5, 0.6) is 5.75 Å². The highest BCUT2D eigenvalue weighted by Gasteiger charge is 2.34. The van der Waals surface area contributed by atoms with E-state index in [4.69, 9.17) is 14.3 Å². The van der Waals surface area contributed by atoms with E-state index in [1.165, 1.54) is 47.2 Å². The Hall–Kier alpha value is -5.69. The molecule has 0 saturated carbocycles. The maximum Gasteiger partial charge on any atom is 0.268 e. The van der Waals surface area contributed by atoms with Crippen molar-refractivity contribution in [1.29, 1.82) is 0 Å². The lowest BCUT2D eigenvalue weighted by atomic mass is 9.93. The van der Waals surface area contributed by atoms with Crippen LogP contribution in [-0.4, -0.2) is 101 Å². The van der Waals surface area contributed by atoms with Gasteiger partial charge in [-0.3, -0.25) is 14.5 Å². The van der Waals surface area contributed by atoms with E-state index in [9.17, 15) is 18.0 Å². The molecule has 0 radical (unpaired) electrons. The van der Waals surface area contributed by atoms with Gasteiger partial charge in [-0.1, -0.05) is 24.3 Å². The predicted molar refractivity (Wildman–Crippen MR) is 246 cm³/mol. The SMILES string of the molecule is CO[NH2+]c1cc(S(=O)(=O)NC(=O)c2ccc(N3CCN(C[C@@H]4Cc5ccccc5CN4C(=O)c4ccsc4)CC3)cc2OC2=CNC3(C)NC=CC3=C2)ccc1NCC1CCOCC1. The molecule has 1 unspecified atom stereocenters. The molecule has 2 atom stereocenters. The van der Waals surface area contributed by atoms with Gasteiger partial charge in [0.2, 0.25) is 0 Å². The Morgan fingerprint density at radius 1 is 1.00 bits per heavy atom. The molecule has 2 saturated heterocycles. The Bertz CT molecular complexity index is 2570. The Labute approximate surface area is 378 Å². The van der Waals surface area contributed by atoms with Crippen LogP contribution < -0.4 is 35.8 Å². The first-order valence-electron chi connectivity index (χ1n) is 21.8. The van der Waals surface area contributed by atoms with E-state index in [-0.39, 0.29) is 28.2 Å². The highest BCUT2D eigenvalue weighted by Crippen LogP contribution is 2.33. The molecule has 6 N–H and O–H groups in total. The number of dihydropyridines is 1. The number of sulfonamides is 1. The number of ether oxygens (including phenoxy) is 2. The summed E-state index contributed by atoms with van der Waals surface area (Å²) >= 11 is 1.53. The molecule has 2 fully saturated rings. The topological polar surface area (TPSA) is 170 Å². The number of nitrogens with one attached hydrogen (secondary N) is 4. The second-order valence-electron chi connectivity index (χ2n) is 17.0. The van der Waals surface area contributed by atoms with Crippen molar-refractivity contribution in [2.75, 3.05) is 69.8 Å². The van der Waals surface area contributed by atoms with Gasteiger partial charge in [-0.15, -0.1) is 0 Å². The zero-order valence-corrected chi connectivity index (χ0v) is 37.7. The number of carbonyl (C=O) groups excluding carboxylic acids is 2. The van der Waals surface area contributed by atoms with Gasteiger partial charge in [-0.2, -0.15) is 16.8 Å². The van der Waals surface area contributed by atoms with Gasteiger partial charge in [0, 0.05) is 100 Å². The first kappa shape index (κ1) is 43.6. The third-order valence-corrected chi connectivity index (χ3v) is 14.8.